The molecule has 0 aliphatic heterocycles. The van der Waals surface area contributed by atoms with Crippen molar-refractivity contribution in [1.29, 1.82) is 5.26 Å². The first-order valence-corrected chi connectivity index (χ1v) is 4.69. The standard InChI is InChI=1S/C10H10F3N3O/c1-6-4-7(2-3-14)16-8(5-15)9(6)17-10(11,12)13/h4H,2,5,15H2,1H3. The number of ether oxygens (including phenoxy) is 1. The van der Waals surface area contributed by atoms with E-state index in [1.807, 2.05) is 6.07 Å². The van der Waals surface area contributed by atoms with Crippen LogP contribution in [0.25, 0.3) is 0 Å². The van der Waals surface area contributed by atoms with Gasteiger partial charge in [-0.25, -0.2) is 0 Å². The number of hydrogen-bond donors (Lipinski definition) is 1. The monoisotopic (exact) mass is 245 g/mol. The molecule has 92 valence electrons. The average molecular weight is 245 g/mol. The van der Waals surface area contributed by atoms with Gasteiger partial charge in [0.05, 0.1) is 23.9 Å². The Morgan fingerprint density at radius 1 is 1.53 bits per heavy atom. The first-order valence-electron chi connectivity index (χ1n) is 4.69. The number of aromatic nitrogens is 1. The van der Waals surface area contributed by atoms with Crippen molar-refractivity contribution in [3.8, 4) is 11.8 Å². The predicted molar refractivity (Wildman–Crippen MR) is 52.9 cm³/mol. The zero-order chi connectivity index (χ0) is 13.1. The van der Waals surface area contributed by atoms with Gasteiger partial charge in [0.25, 0.3) is 0 Å². The SMILES string of the molecule is Cc1cc(CC#N)nc(CN)c1OC(F)(F)F. The molecule has 0 saturated carbocycles. The third kappa shape index (κ3) is 3.60. The highest BCUT2D eigenvalue weighted by Gasteiger charge is 2.33. The number of nitrogens with zero attached hydrogens (tertiary/aromatic N) is 2. The molecule has 0 atom stereocenters. The van der Waals surface area contributed by atoms with E-state index in [1.54, 1.807) is 0 Å². The van der Waals surface area contributed by atoms with Crippen LogP contribution in [0.2, 0.25) is 0 Å². The minimum atomic E-state index is -4.78. The molecule has 0 aliphatic rings. The molecular formula is C10H10F3N3O. The number of pyridine rings is 1. The molecule has 1 rings (SSSR count). The fraction of sp³-hybridized carbons (Fsp3) is 0.400. The summed E-state index contributed by atoms with van der Waals surface area (Å²) in [6, 6.07) is 3.24. The molecule has 0 unspecified atom stereocenters. The molecule has 0 radical (unpaired) electrons. The van der Waals surface area contributed by atoms with Crippen molar-refractivity contribution >= 4 is 0 Å². The number of nitriles is 1. The van der Waals surface area contributed by atoms with Crippen LogP contribution in [0.1, 0.15) is 17.0 Å². The molecule has 0 saturated heterocycles. The van der Waals surface area contributed by atoms with Crippen LogP contribution >= 0.6 is 0 Å². The van der Waals surface area contributed by atoms with Crippen molar-refractivity contribution in [2.45, 2.75) is 26.3 Å². The summed E-state index contributed by atoms with van der Waals surface area (Å²) in [6.07, 6.45) is -4.77. The number of rotatable bonds is 3. The van der Waals surface area contributed by atoms with E-state index in [4.69, 9.17) is 11.0 Å². The topological polar surface area (TPSA) is 71.9 Å². The fourth-order valence-corrected chi connectivity index (χ4v) is 1.36. The molecule has 7 heteroatoms. The zero-order valence-electron chi connectivity index (χ0n) is 9.01. The third-order valence-corrected chi connectivity index (χ3v) is 1.95. The second-order valence-electron chi connectivity index (χ2n) is 3.29. The Morgan fingerprint density at radius 2 is 2.18 bits per heavy atom. The van der Waals surface area contributed by atoms with Crippen molar-refractivity contribution in [2.24, 2.45) is 5.73 Å². The Kier molecular flexibility index (Phi) is 3.91. The Balaban J connectivity index is 3.17. The van der Waals surface area contributed by atoms with E-state index in [0.717, 1.165) is 0 Å². The van der Waals surface area contributed by atoms with E-state index in [0.29, 0.717) is 5.69 Å². The highest BCUT2D eigenvalue weighted by atomic mass is 19.4. The first kappa shape index (κ1) is 13.3. The number of aryl methyl sites for hydroxylation is 1. The largest absolute Gasteiger partial charge is 0.573 e. The van der Waals surface area contributed by atoms with Gasteiger partial charge < -0.3 is 10.5 Å². The van der Waals surface area contributed by atoms with Crippen molar-refractivity contribution in [3.05, 3.63) is 23.0 Å². The highest BCUT2D eigenvalue weighted by molar-refractivity contribution is 5.38. The maximum atomic E-state index is 12.1. The molecule has 1 heterocycles. The third-order valence-electron chi connectivity index (χ3n) is 1.95. The van der Waals surface area contributed by atoms with Gasteiger partial charge in [0.2, 0.25) is 0 Å². The molecule has 0 spiro atoms. The Morgan fingerprint density at radius 3 is 2.65 bits per heavy atom. The lowest BCUT2D eigenvalue weighted by atomic mass is 10.1. The van der Waals surface area contributed by atoms with Crippen LogP contribution in [0.4, 0.5) is 13.2 Å². The van der Waals surface area contributed by atoms with Gasteiger partial charge in [-0.1, -0.05) is 0 Å². The second kappa shape index (κ2) is 5.01. The van der Waals surface area contributed by atoms with Crippen molar-refractivity contribution in [3.63, 3.8) is 0 Å². The zero-order valence-corrected chi connectivity index (χ0v) is 9.01. The minimum absolute atomic E-state index is 0.00687. The van der Waals surface area contributed by atoms with E-state index in [-0.39, 0.29) is 30.0 Å². The summed E-state index contributed by atoms with van der Waals surface area (Å²) in [5, 5.41) is 8.50. The van der Waals surface area contributed by atoms with Gasteiger partial charge in [-0.15, -0.1) is 13.2 Å². The molecule has 0 amide bonds. The summed E-state index contributed by atoms with van der Waals surface area (Å²) in [4.78, 5) is 3.85. The van der Waals surface area contributed by atoms with E-state index in [9.17, 15) is 13.2 Å². The molecule has 1 aromatic rings. The van der Waals surface area contributed by atoms with Crippen LogP contribution in [0, 0.1) is 18.3 Å². The number of nitrogens with two attached hydrogens (primary N) is 1. The van der Waals surface area contributed by atoms with Crippen molar-refractivity contribution in [2.75, 3.05) is 0 Å². The Labute approximate surface area is 95.8 Å². The van der Waals surface area contributed by atoms with Crippen LogP contribution < -0.4 is 10.5 Å². The van der Waals surface area contributed by atoms with Crippen LogP contribution in [-0.4, -0.2) is 11.3 Å². The van der Waals surface area contributed by atoms with E-state index in [2.05, 4.69) is 9.72 Å². The van der Waals surface area contributed by atoms with E-state index in [1.165, 1.54) is 13.0 Å². The normalized spacial score (nSPS) is 11.1. The van der Waals surface area contributed by atoms with Gasteiger partial charge in [-0.3, -0.25) is 4.98 Å². The van der Waals surface area contributed by atoms with Crippen molar-refractivity contribution < 1.29 is 17.9 Å². The molecule has 0 aliphatic carbocycles. The molecular weight excluding hydrogens is 235 g/mol. The van der Waals surface area contributed by atoms with Gasteiger partial charge in [-0.2, -0.15) is 5.26 Å². The smallest absolute Gasteiger partial charge is 0.403 e. The van der Waals surface area contributed by atoms with Crippen LogP contribution in [-0.2, 0) is 13.0 Å². The minimum Gasteiger partial charge on any atom is -0.403 e. The lowest BCUT2D eigenvalue weighted by Crippen LogP contribution is -2.20. The van der Waals surface area contributed by atoms with E-state index < -0.39 is 6.36 Å². The Hall–Kier alpha value is -1.81. The summed E-state index contributed by atoms with van der Waals surface area (Å²) in [5.41, 5.74) is 5.93. The van der Waals surface area contributed by atoms with Gasteiger partial charge in [0.1, 0.15) is 0 Å². The molecule has 1 aromatic heterocycles. The predicted octanol–water partition coefficient (Wildman–Crippen LogP) is 1.81. The van der Waals surface area contributed by atoms with E-state index >= 15 is 0 Å². The van der Waals surface area contributed by atoms with Crippen molar-refractivity contribution in [1.82, 2.24) is 4.98 Å². The van der Waals surface area contributed by atoms with Crippen LogP contribution in [0.5, 0.6) is 5.75 Å². The molecule has 2 N–H and O–H groups in total. The molecule has 17 heavy (non-hydrogen) atoms. The van der Waals surface area contributed by atoms with Gasteiger partial charge in [-0.05, 0) is 18.6 Å². The number of alkyl halides is 3. The van der Waals surface area contributed by atoms with Gasteiger partial charge in [0, 0.05) is 6.54 Å². The van der Waals surface area contributed by atoms with Gasteiger partial charge >= 0.3 is 6.36 Å². The summed E-state index contributed by atoms with van der Waals surface area (Å²) in [6.45, 7) is 1.26. The summed E-state index contributed by atoms with van der Waals surface area (Å²) < 4.78 is 40.3. The number of halogens is 3. The first-order chi connectivity index (χ1) is 7.87. The molecule has 0 bridgehead atoms. The maximum absolute atomic E-state index is 12.1. The summed E-state index contributed by atoms with van der Waals surface area (Å²) >= 11 is 0. The lowest BCUT2D eigenvalue weighted by Gasteiger charge is -2.15. The molecule has 0 fully saturated rings. The Bertz CT molecular complexity index is 451. The summed E-state index contributed by atoms with van der Waals surface area (Å²) in [7, 11) is 0. The van der Waals surface area contributed by atoms with Crippen LogP contribution in [0.15, 0.2) is 6.07 Å². The summed E-state index contributed by atoms with van der Waals surface area (Å²) in [5.74, 6) is -0.387. The number of hydrogen-bond acceptors (Lipinski definition) is 4. The highest BCUT2D eigenvalue weighted by Crippen LogP contribution is 2.29. The second-order valence-corrected chi connectivity index (χ2v) is 3.29. The molecule has 0 aromatic carbocycles. The fourth-order valence-electron chi connectivity index (χ4n) is 1.36. The quantitative estimate of drug-likeness (QED) is 0.881. The lowest BCUT2D eigenvalue weighted by molar-refractivity contribution is -0.275. The maximum Gasteiger partial charge on any atom is 0.573 e. The molecule has 4 nitrogen and oxygen atoms in total. The average Bonchev–Trinajstić information content (AvgIpc) is 2.20. The van der Waals surface area contributed by atoms with Gasteiger partial charge in [0.15, 0.2) is 5.75 Å². The van der Waals surface area contributed by atoms with Crippen LogP contribution in [0.3, 0.4) is 0 Å².